The third kappa shape index (κ3) is 3.55. The van der Waals surface area contributed by atoms with Gasteiger partial charge in [-0.05, 0) is 31.0 Å². The molecule has 100 valence electrons. The first-order valence-electron chi connectivity index (χ1n) is 6.50. The second kappa shape index (κ2) is 6.35. The normalized spacial score (nSPS) is 14.8. The van der Waals surface area contributed by atoms with Crippen LogP contribution in [0.4, 0.5) is 4.39 Å². The SMILES string of the molecule is NCC#Cc1cc(F)ccc1C(=O)NC1CCCC1. The van der Waals surface area contributed by atoms with Crippen molar-refractivity contribution in [1.82, 2.24) is 5.32 Å². The molecule has 1 aliphatic carbocycles. The second-order valence-electron chi connectivity index (χ2n) is 4.65. The van der Waals surface area contributed by atoms with Gasteiger partial charge in [-0.3, -0.25) is 4.79 Å². The summed E-state index contributed by atoms with van der Waals surface area (Å²) < 4.78 is 13.2. The molecule has 1 aromatic carbocycles. The van der Waals surface area contributed by atoms with Crippen LogP contribution in [0, 0.1) is 17.7 Å². The van der Waals surface area contributed by atoms with Crippen molar-refractivity contribution in [1.29, 1.82) is 0 Å². The number of carbonyl (C=O) groups excluding carboxylic acids is 1. The van der Waals surface area contributed by atoms with Crippen molar-refractivity contribution in [2.24, 2.45) is 5.73 Å². The lowest BCUT2D eigenvalue weighted by Gasteiger charge is -2.12. The van der Waals surface area contributed by atoms with Crippen molar-refractivity contribution >= 4 is 5.91 Å². The quantitative estimate of drug-likeness (QED) is 0.797. The van der Waals surface area contributed by atoms with Crippen molar-refractivity contribution < 1.29 is 9.18 Å². The van der Waals surface area contributed by atoms with Gasteiger partial charge in [-0.25, -0.2) is 4.39 Å². The Kier molecular flexibility index (Phi) is 4.53. The van der Waals surface area contributed by atoms with Crippen LogP contribution >= 0.6 is 0 Å². The number of nitrogens with one attached hydrogen (secondary N) is 1. The Labute approximate surface area is 112 Å². The van der Waals surface area contributed by atoms with Crippen molar-refractivity contribution in [2.75, 3.05) is 6.54 Å². The highest BCUT2D eigenvalue weighted by atomic mass is 19.1. The monoisotopic (exact) mass is 260 g/mol. The van der Waals surface area contributed by atoms with Crippen molar-refractivity contribution in [3.05, 3.63) is 35.1 Å². The fourth-order valence-electron chi connectivity index (χ4n) is 2.30. The number of carbonyl (C=O) groups is 1. The van der Waals surface area contributed by atoms with Crippen molar-refractivity contribution in [3.63, 3.8) is 0 Å². The Bertz CT molecular complexity index is 525. The molecule has 1 saturated carbocycles. The average molecular weight is 260 g/mol. The summed E-state index contributed by atoms with van der Waals surface area (Å²) in [6, 6.07) is 4.25. The maximum Gasteiger partial charge on any atom is 0.252 e. The minimum Gasteiger partial charge on any atom is -0.349 e. The van der Waals surface area contributed by atoms with E-state index in [1.807, 2.05) is 0 Å². The molecule has 19 heavy (non-hydrogen) atoms. The number of hydrogen-bond donors (Lipinski definition) is 2. The zero-order valence-electron chi connectivity index (χ0n) is 10.7. The molecular weight excluding hydrogens is 243 g/mol. The number of hydrogen-bond acceptors (Lipinski definition) is 2. The van der Waals surface area contributed by atoms with Crippen molar-refractivity contribution in [3.8, 4) is 11.8 Å². The standard InChI is InChI=1S/C15H17FN2O/c16-12-7-8-14(11(10-12)4-3-9-17)15(19)18-13-5-1-2-6-13/h7-8,10,13H,1-2,5-6,9,17H2,(H,18,19). The molecule has 0 spiro atoms. The molecule has 0 aliphatic heterocycles. The van der Waals surface area contributed by atoms with Crippen LogP contribution in [-0.2, 0) is 0 Å². The molecule has 0 bridgehead atoms. The summed E-state index contributed by atoms with van der Waals surface area (Å²) in [6.07, 6.45) is 4.32. The van der Waals surface area contributed by atoms with E-state index >= 15 is 0 Å². The second-order valence-corrected chi connectivity index (χ2v) is 4.65. The average Bonchev–Trinajstić information content (AvgIpc) is 2.89. The first kappa shape index (κ1) is 13.6. The van der Waals surface area contributed by atoms with Crippen LogP contribution in [0.1, 0.15) is 41.6 Å². The molecular formula is C15H17FN2O. The van der Waals surface area contributed by atoms with E-state index in [2.05, 4.69) is 17.2 Å². The Balaban J connectivity index is 2.19. The summed E-state index contributed by atoms with van der Waals surface area (Å²) in [7, 11) is 0. The molecule has 0 aromatic heterocycles. The minimum atomic E-state index is -0.404. The van der Waals surface area contributed by atoms with E-state index < -0.39 is 5.82 Å². The fourth-order valence-corrected chi connectivity index (χ4v) is 2.30. The van der Waals surface area contributed by atoms with E-state index in [0.717, 1.165) is 25.7 Å². The molecule has 1 amide bonds. The number of halogens is 1. The molecule has 0 atom stereocenters. The Morgan fingerprint density at radius 1 is 1.42 bits per heavy atom. The van der Waals surface area contributed by atoms with E-state index in [-0.39, 0.29) is 18.5 Å². The van der Waals surface area contributed by atoms with Crippen LogP contribution < -0.4 is 11.1 Å². The summed E-state index contributed by atoms with van der Waals surface area (Å²) in [4.78, 5) is 12.2. The van der Waals surface area contributed by atoms with Crippen LogP contribution in [0.5, 0.6) is 0 Å². The highest BCUT2D eigenvalue weighted by Crippen LogP contribution is 2.19. The van der Waals surface area contributed by atoms with E-state index in [4.69, 9.17) is 5.73 Å². The Morgan fingerprint density at radius 2 is 2.16 bits per heavy atom. The van der Waals surface area contributed by atoms with Crippen LogP contribution in [0.3, 0.4) is 0 Å². The Hall–Kier alpha value is -1.86. The van der Waals surface area contributed by atoms with E-state index in [9.17, 15) is 9.18 Å². The fraction of sp³-hybridized carbons (Fsp3) is 0.400. The molecule has 0 heterocycles. The van der Waals surface area contributed by atoms with Gasteiger partial charge in [0.05, 0.1) is 12.1 Å². The van der Waals surface area contributed by atoms with Gasteiger partial charge >= 0.3 is 0 Å². The number of rotatable bonds is 2. The lowest BCUT2D eigenvalue weighted by Crippen LogP contribution is -2.33. The maximum atomic E-state index is 13.2. The summed E-state index contributed by atoms with van der Waals surface area (Å²) in [5.74, 6) is 4.80. The molecule has 3 N–H and O–H groups in total. The van der Waals surface area contributed by atoms with Crippen LogP contribution in [0.25, 0.3) is 0 Å². The smallest absolute Gasteiger partial charge is 0.252 e. The van der Waals surface area contributed by atoms with Gasteiger partial charge in [0.2, 0.25) is 0 Å². The largest absolute Gasteiger partial charge is 0.349 e. The van der Waals surface area contributed by atoms with Crippen LogP contribution in [0.2, 0.25) is 0 Å². The molecule has 3 nitrogen and oxygen atoms in total. The maximum absolute atomic E-state index is 13.2. The molecule has 1 fully saturated rings. The summed E-state index contributed by atoms with van der Waals surface area (Å²) >= 11 is 0. The molecule has 1 aliphatic rings. The topological polar surface area (TPSA) is 55.1 Å². The first-order chi connectivity index (χ1) is 9.20. The van der Waals surface area contributed by atoms with Gasteiger partial charge < -0.3 is 11.1 Å². The Morgan fingerprint density at radius 3 is 2.84 bits per heavy atom. The van der Waals surface area contributed by atoms with Crippen LogP contribution in [-0.4, -0.2) is 18.5 Å². The van der Waals surface area contributed by atoms with Gasteiger partial charge in [0.25, 0.3) is 5.91 Å². The van der Waals surface area contributed by atoms with Gasteiger partial charge in [-0.1, -0.05) is 24.7 Å². The third-order valence-corrected chi connectivity index (χ3v) is 3.24. The van der Waals surface area contributed by atoms with Gasteiger partial charge in [0, 0.05) is 11.6 Å². The number of nitrogens with two attached hydrogens (primary N) is 1. The molecule has 1 aromatic rings. The highest BCUT2D eigenvalue weighted by Gasteiger charge is 2.19. The predicted octanol–water partition coefficient (Wildman–Crippen LogP) is 1.81. The molecule has 0 saturated heterocycles. The van der Waals surface area contributed by atoms with E-state index in [0.29, 0.717) is 11.1 Å². The predicted molar refractivity (Wildman–Crippen MR) is 72.1 cm³/mol. The summed E-state index contributed by atoms with van der Waals surface area (Å²) in [5, 5.41) is 2.97. The van der Waals surface area contributed by atoms with E-state index in [1.54, 1.807) is 0 Å². The van der Waals surface area contributed by atoms with Gasteiger partial charge in [-0.15, -0.1) is 0 Å². The molecule has 0 radical (unpaired) electrons. The zero-order chi connectivity index (χ0) is 13.7. The van der Waals surface area contributed by atoms with Gasteiger partial charge in [-0.2, -0.15) is 0 Å². The molecule has 0 unspecified atom stereocenters. The van der Waals surface area contributed by atoms with Crippen molar-refractivity contribution in [2.45, 2.75) is 31.7 Å². The minimum absolute atomic E-state index is 0.181. The first-order valence-corrected chi connectivity index (χ1v) is 6.50. The lowest BCUT2D eigenvalue weighted by molar-refractivity contribution is 0.0937. The van der Waals surface area contributed by atoms with Gasteiger partial charge in [0.1, 0.15) is 5.82 Å². The molecule has 4 heteroatoms. The van der Waals surface area contributed by atoms with Crippen LogP contribution in [0.15, 0.2) is 18.2 Å². The zero-order valence-corrected chi connectivity index (χ0v) is 10.7. The number of amides is 1. The number of benzene rings is 1. The lowest BCUT2D eigenvalue weighted by atomic mass is 10.1. The summed E-state index contributed by atoms with van der Waals surface area (Å²) in [5.41, 5.74) is 6.11. The van der Waals surface area contributed by atoms with E-state index in [1.165, 1.54) is 18.2 Å². The van der Waals surface area contributed by atoms with Gasteiger partial charge in [0.15, 0.2) is 0 Å². The summed E-state index contributed by atoms with van der Waals surface area (Å²) in [6.45, 7) is 0.181. The molecule has 2 rings (SSSR count). The third-order valence-electron chi connectivity index (χ3n) is 3.24. The highest BCUT2D eigenvalue weighted by molar-refractivity contribution is 5.96.